The number of rotatable bonds is 3. The quantitative estimate of drug-likeness (QED) is 0.860. The third-order valence-electron chi connectivity index (χ3n) is 2.79. The molecule has 1 atom stereocenters. The highest BCUT2D eigenvalue weighted by Gasteiger charge is 2.17. The van der Waals surface area contributed by atoms with Gasteiger partial charge in [0.2, 0.25) is 0 Å². The summed E-state index contributed by atoms with van der Waals surface area (Å²) in [4.78, 5) is 13.7. The number of nitrogens with zero attached hydrogens (tertiary/aromatic N) is 2. The summed E-state index contributed by atoms with van der Waals surface area (Å²) in [6.45, 7) is 3.84. The summed E-state index contributed by atoms with van der Waals surface area (Å²) >= 11 is 3.41. The number of carbonyl (C=O) groups excluding carboxylic acids is 1. The van der Waals surface area contributed by atoms with Crippen LogP contribution in [0.4, 0.5) is 0 Å². The van der Waals surface area contributed by atoms with Crippen LogP contribution in [0, 0.1) is 18.3 Å². The molecule has 1 unspecified atom stereocenters. The van der Waals surface area contributed by atoms with E-state index in [2.05, 4.69) is 22.0 Å². The van der Waals surface area contributed by atoms with Crippen LogP contribution in [0.25, 0.3) is 0 Å². The molecule has 4 heteroatoms. The van der Waals surface area contributed by atoms with Gasteiger partial charge in [-0.3, -0.25) is 4.79 Å². The molecule has 0 N–H and O–H groups in total. The first-order chi connectivity index (χ1) is 7.97. The average Bonchev–Trinajstić information content (AvgIpc) is 2.31. The molecule has 0 aliphatic heterocycles. The fourth-order valence-electron chi connectivity index (χ4n) is 1.40. The Morgan fingerprint density at radius 2 is 2.24 bits per heavy atom. The number of hydrogen-bond acceptors (Lipinski definition) is 2. The Labute approximate surface area is 110 Å². The zero-order valence-electron chi connectivity index (χ0n) is 10.2. The van der Waals surface area contributed by atoms with Gasteiger partial charge in [0.25, 0.3) is 5.91 Å². The van der Waals surface area contributed by atoms with Crippen LogP contribution in [0.5, 0.6) is 0 Å². The first-order valence-electron chi connectivity index (χ1n) is 5.37. The van der Waals surface area contributed by atoms with Crippen molar-refractivity contribution in [3.8, 4) is 6.07 Å². The molecule has 0 radical (unpaired) electrons. The first-order valence-corrected chi connectivity index (χ1v) is 6.17. The van der Waals surface area contributed by atoms with Gasteiger partial charge >= 0.3 is 0 Å². The molecule has 0 aromatic heterocycles. The summed E-state index contributed by atoms with van der Waals surface area (Å²) in [7, 11) is 1.72. The Kier molecular flexibility index (Phi) is 4.71. The molecule has 0 bridgehead atoms. The second-order valence-corrected chi connectivity index (χ2v) is 4.95. The van der Waals surface area contributed by atoms with Crippen molar-refractivity contribution < 1.29 is 4.79 Å². The van der Waals surface area contributed by atoms with E-state index in [1.54, 1.807) is 18.0 Å². The molecule has 0 heterocycles. The van der Waals surface area contributed by atoms with Crippen molar-refractivity contribution in [2.24, 2.45) is 0 Å². The zero-order valence-corrected chi connectivity index (χ0v) is 11.8. The van der Waals surface area contributed by atoms with Crippen molar-refractivity contribution in [1.82, 2.24) is 4.90 Å². The van der Waals surface area contributed by atoms with Gasteiger partial charge in [0.1, 0.15) is 0 Å². The Hall–Kier alpha value is -1.34. The fraction of sp³-hybridized carbons (Fsp3) is 0.385. The number of halogens is 1. The standard InChI is InChI=1S/C13H15BrN2O/c1-9-4-5-11(8-12(9)14)13(17)16(3)10(2)6-7-15/h4-5,8,10H,6H2,1-3H3. The van der Waals surface area contributed by atoms with Crippen LogP contribution in [0.1, 0.15) is 29.3 Å². The topological polar surface area (TPSA) is 44.1 Å². The highest BCUT2D eigenvalue weighted by Crippen LogP contribution is 2.19. The molecule has 3 nitrogen and oxygen atoms in total. The molecular formula is C13H15BrN2O. The maximum atomic E-state index is 12.1. The lowest BCUT2D eigenvalue weighted by atomic mass is 10.1. The molecule has 0 saturated carbocycles. The first kappa shape index (κ1) is 13.7. The number of carbonyl (C=O) groups is 1. The monoisotopic (exact) mass is 294 g/mol. The third-order valence-corrected chi connectivity index (χ3v) is 3.64. The van der Waals surface area contributed by atoms with Crippen LogP contribution in [0.15, 0.2) is 22.7 Å². The van der Waals surface area contributed by atoms with Gasteiger partial charge in [-0.25, -0.2) is 0 Å². The Morgan fingerprint density at radius 3 is 2.76 bits per heavy atom. The molecule has 90 valence electrons. The van der Waals surface area contributed by atoms with Gasteiger partial charge in [0.15, 0.2) is 0 Å². The molecule has 1 aromatic carbocycles. The van der Waals surface area contributed by atoms with E-state index in [0.29, 0.717) is 12.0 Å². The van der Waals surface area contributed by atoms with E-state index in [1.807, 2.05) is 26.0 Å². The van der Waals surface area contributed by atoms with E-state index < -0.39 is 0 Å². The molecule has 1 aromatic rings. The maximum Gasteiger partial charge on any atom is 0.253 e. The minimum Gasteiger partial charge on any atom is -0.338 e. The zero-order chi connectivity index (χ0) is 13.0. The lowest BCUT2D eigenvalue weighted by Gasteiger charge is -2.23. The third kappa shape index (κ3) is 3.31. The summed E-state index contributed by atoms with van der Waals surface area (Å²) in [5.41, 5.74) is 1.73. The van der Waals surface area contributed by atoms with Crippen LogP contribution in [-0.2, 0) is 0 Å². The predicted octanol–water partition coefficient (Wildman–Crippen LogP) is 3.13. The largest absolute Gasteiger partial charge is 0.338 e. The predicted molar refractivity (Wildman–Crippen MR) is 70.7 cm³/mol. The number of hydrogen-bond donors (Lipinski definition) is 0. The van der Waals surface area contributed by atoms with E-state index in [4.69, 9.17) is 5.26 Å². The van der Waals surface area contributed by atoms with Crippen molar-refractivity contribution in [3.05, 3.63) is 33.8 Å². The smallest absolute Gasteiger partial charge is 0.253 e. The molecule has 0 fully saturated rings. The molecule has 0 aliphatic carbocycles. The van der Waals surface area contributed by atoms with E-state index in [1.165, 1.54) is 0 Å². The van der Waals surface area contributed by atoms with Gasteiger partial charge in [0, 0.05) is 23.1 Å². The van der Waals surface area contributed by atoms with Gasteiger partial charge in [-0.1, -0.05) is 22.0 Å². The van der Waals surface area contributed by atoms with Gasteiger partial charge in [0.05, 0.1) is 12.5 Å². The molecule has 0 aliphatic rings. The number of amides is 1. The molecule has 1 rings (SSSR count). The Morgan fingerprint density at radius 1 is 1.59 bits per heavy atom. The number of aryl methyl sites for hydroxylation is 1. The average molecular weight is 295 g/mol. The van der Waals surface area contributed by atoms with Crippen LogP contribution in [-0.4, -0.2) is 23.9 Å². The summed E-state index contributed by atoms with van der Waals surface area (Å²) < 4.78 is 0.921. The van der Waals surface area contributed by atoms with Crippen LogP contribution in [0.3, 0.4) is 0 Å². The summed E-state index contributed by atoms with van der Waals surface area (Å²) in [6, 6.07) is 7.51. The van der Waals surface area contributed by atoms with Crippen molar-refractivity contribution >= 4 is 21.8 Å². The maximum absolute atomic E-state index is 12.1. The van der Waals surface area contributed by atoms with Crippen LogP contribution < -0.4 is 0 Å². The lowest BCUT2D eigenvalue weighted by Crippen LogP contribution is -2.34. The van der Waals surface area contributed by atoms with Crippen LogP contribution >= 0.6 is 15.9 Å². The molecule has 0 saturated heterocycles. The van der Waals surface area contributed by atoms with Crippen LogP contribution in [0.2, 0.25) is 0 Å². The molecular weight excluding hydrogens is 280 g/mol. The summed E-state index contributed by atoms with van der Waals surface area (Å²) in [5.74, 6) is -0.0616. The van der Waals surface area contributed by atoms with Crippen molar-refractivity contribution in [3.63, 3.8) is 0 Å². The summed E-state index contributed by atoms with van der Waals surface area (Å²) in [6.07, 6.45) is 0.343. The van der Waals surface area contributed by atoms with E-state index >= 15 is 0 Å². The number of benzene rings is 1. The van der Waals surface area contributed by atoms with Gasteiger partial charge in [-0.2, -0.15) is 5.26 Å². The Balaban J connectivity index is 2.89. The van der Waals surface area contributed by atoms with Crippen molar-refractivity contribution in [2.75, 3.05) is 7.05 Å². The SMILES string of the molecule is Cc1ccc(C(=O)N(C)C(C)CC#N)cc1Br. The highest BCUT2D eigenvalue weighted by molar-refractivity contribution is 9.10. The lowest BCUT2D eigenvalue weighted by molar-refractivity contribution is 0.0746. The van der Waals surface area contributed by atoms with E-state index in [0.717, 1.165) is 10.0 Å². The normalized spacial score (nSPS) is 11.7. The fourth-order valence-corrected chi connectivity index (χ4v) is 1.78. The highest BCUT2D eigenvalue weighted by atomic mass is 79.9. The van der Waals surface area contributed by atoms with E-state index in [-0.39, 0.29) is 11.9 Å². The van der Waals surface area contributed by atoms with Gasteiger partial charge in [-0.05, 0) is 31.5 Å². The second kappa shape index (κ2) is 5.83. The Bertz CT molecular complexity index is 465. The van der Waals surface area contributed by atoms with Gasteiger partial charge < -0.3 is 4.90 Å². The molecule has 1 amide bonds. The minimum atomic E-state index is -0.0763. The summed E-state index contributed by atoms with van der Waals surface area (Å²) in [5, 5.41) is 8.62. The minimum absolute atomic E-state index is 0.0616. The van der Waals surface area contributed by atoms with Gasteiger partial charge in [-0.15, -0.1) is 0 Å². The number of nitriles is 1. The molecule has 17 heavy (non-hydrogen) atoms. The van der Waals surface area contributed by atoms with E-state index in [9.17, 15) is 4.79 Å². The molecule has 0 spiro atoms. The second-order valence-electron chi connectivity index (χ2n) is 4.09. The van der Waals surface area contributed by atoms with Crippen molar-refractivity contribution in [2.45, 2.75) is 26.3 Å². The van der Waals surface area contributed by atoms with Crippen molar-refractivity contribution in [1.29, 1.82) is 5.26 Å².